The molecule has 0 saturated carbocycles. The highest BCUT2D eigenvalue weighted by Crippen LogP contribution is 2.25. The number of alkyl halides is 3. The second kappa shape index (κ2) is 3.40. The first-order valence-electron chi connectivity index (χ1n) is 3.99. The lowest BCUT2D eigenvalue weighted by molar-refractivity contribution is -0.184. The fourth-order valence-electron chi connectivity index (χ4n) is 1.29. The highest BCUT2D eigenvalue weighted by Gasteiger charge is 2.43. The SMILES string of the molecule is C=C1CCCCN1C(=O)C(F)(F)F. The van der Waals surface area contributed by atoms with Gasteiger partial charge in [0.25, 0.3) is 0 Å². The molecule has 0 aromatic rings. The molecule has 0 aromatic heterocycles. The van der Waals surface area contributed by atoms with Crippen LogP contribution in [0.3, 0.4) is 0 Å². The summed E-state index contributed by atoms with van der Waals surface area (Å²) in [6.45, 7) is 3.57. The zero-order valence-electron chi connectivity index (χ0n) is 7.02. The maximum absolute atomic E-state index is 12.0. The summed E-state index contributed by atoms with van der Waals surface area (Å²) in [5.41, 5.74) is 0.272. The first kappa shape index (κ1) is 10.1. The Labute approximate surface area is 74.0 Å². The molecule has 2 nitrogen and oxygen atoms in total. The Balaban J connectivity index is 2.70. The molecule has 5 heteroatoms. The van der Waals surface area contributed by atoms with Crippen molar-refractivity contribution in [3.05, 3.63) is 12.3 Å². The van der Waals surface area contributed by atoms with E-state index < -0.39 is 12.1 Å². The van der Waals surface area contributed by atoms with Crippen molar-refractivity contribution in [3.8, 4) is 0 Å². The number of amides is 1. The fourth-order valence-corrected chi connectivity index (χ4v) is 1.29. The second-order valence-corrected chi connectivity index (χ2v) is 2.98. The number of halogens is 3. The van der Waals surface area contributed by atoms with Crippen molar-refractivity contribution in [1.82, 2.24) is 4.90 Å². The topological polar surface area (TPSA) is 20.3 Å². The van der Waals surface area contributed by atoms with E-state index in [0.29, 0.717) is 12.8 Å². The quantitative estimate of drug-likeness (QED) is 0.576. The summed E-state index contributed by atoms with van der Waals surface area (Å²) in [5.74, 6) is -1.79. The van der Waals surface area contributed by atoms with E-state index in [1.54, 1.807) is 0 Å². The molecule has 1 amide bonds. The van der Waals surface area contributed by atoms with Crippen molar-refractivity contribution >= 4 is 5.91 Å². The maximum atomic E-state index is 12.0. The lowest BCUT2D eigenvalue weighted by Crippen LogP contribution is -2.42. The molecule has 13 heavy (non-hydrogen) atoms. The van der Waals surface area contributed by atoms with Crippen LogP contribution in [0.4, 0.5) is 13.2 Å². The number of likely N-dealkylation sites (tertiary alicyclic amines) is 1. The standard InChI is InChI=1S/C8H10F3NO/c1-6-4-2-3-5-12(6)7(13)8(9,10)11/h1-5H2. The molecule has 1 heterocycles. The van der Waals surface area contributed by atoms with Crippen LogP contribution in [0.25, 0.3) is 0 Å². The van der Waals surface area contributed by atoms with Gasteiger partial charge in [0.05, 0.1) is 0 Å². The molecule has 1 rings (SSSR count). The Bertz CT molecular complexity index is 234. The van der Waals surface area contributed by atoms with E-state index >= 15 is 0 Å². The highest BCUT2D eigenvalue weighted by molar-refractivity contribution is 5.83. The molecule has 1 aliphatic heterocycles. The molecule has 0 radical (unpaired) electrons. The normalized spacial score (nSPS) is 19.0. The summed E-state index contributed by atoms with van der Waals surface area (Å²) in [7, 11) is 0. The predicted molar refractivity (Wildman–Crippen MR) is 40.8 cm³/mol. The molecular formula is C8H10F3NO. The Morgan fingerprint density at radius 2 is 2.00 bits per heavy atom. The smallest absolute Gasteiger partial charge is 0.309 e. The third-order valence-corrected chi connectivity index (χ3v) is 1.97. The number of hydrogen-bond acceptors (Lipinski definition) is 1. The maximum Gasteiger partial charge on any atom is 0.471 e. The molecule has 0 spiro atoms. The minimum Gasteiger partial charge on any atom is -0.309 e. The van der Waals surface area contributed by atoms with Gasteiger partial charge in [0.2, 0.25) is 0 Å². The summed E-state index contributed by atoms with van der Waals surface area (Å²) >= 11 is 0. The molecule has 1 saturated heterocycles. The van der Waals surface area contributed by atoms with Crippen LogP contribution in [0.1, 0.15) is 19.3 Å². The van der Waals surface area contributed by atoms with Crippen molar-refractivity contribution in [2.75, 3.05) is 6.54 Å². The summed E-state index contributed by atoms with van der Waals surface area (Å²) < 4.78 is 35.9. The summed E-state index contributed by atoms with van der Waals surface area (Å²) in [6, 6.07) is 0. The third kappa shape index (κ3) is 2.23. The Kier molecular flexibility index (Phi) is 2.63. The lowest BCUT2D eigenvalue weighted by atomic mass is 10.1. The summed E-state index contributed by atoms with van der Waals surface area (Å²) in [5, 5.41) is 0. The first-order valence-corrected chi connectivity index (χ1v) is 3.99. The van der Waals surface area contributed by atoms with E-state index in [0.717, 1.165) is 11.3 Å². The van der Waals surface area contributed by atoms with E-state index in [1.807, 2.05) is 0 Å². The van der Waals surface area contributed by atoms with Gasteiger partial charge < -0.3 is 4.90 Å². The molecule has 0 atom stereocenters. The van der Waals surface area contributed by atoms with Crippen LogP contribution in [0.15, 0.2) is 12.3 Å². The van der Waals surface area contributed by atoms with Gasteiger partial charge in [0.15, 0.2) is 0 Å². The number of piperidine rings is 1. The Morgan fingerprint density at radius 3 is 2.46 bits per heavy atom. The number of nitrogens with zero attached hydrogens (tertiary/aromatic N) is 1. The number of carbonyl (C=O) groups is 1. The van der Waals surface area contributed by atoms with E-state index in [1.165, 1.54) is 0 Å². The average Bonchev–Trinajstić information content (AvgIpc) is 2.02. The van der Waals surface area contributed by atoms with Gasteiger partial charge in [-0.15, -0.1) is 0 Å². The van der Waals surface area contributed by atoms with Crippen LogP contribution in [0, 0.1) is 0 Å². The van der Waals surface area contributed by atoms with Crippen LogP contribution in [-0.2, 0) is 4.79 Å². The van der Waals surface area contributed by atoms with Crippen LogP contribution < -0.4 is 0 Å². The van der Waals surface area contributed by atoms with Crippen molar-refractivity contribution in [1.29, 1.82) is 0 Å². The molecule has 1 fully saturated rings. The van der Waals surface area contributed by atoms with Gasteiger partial charge in [0.1, 0.15) is 0 Å². The van der Waals surface area contributed by atoms with E-state index in [2.05, 4.69) is 6.58 Å². The van der Waals surface area contributed by atoms with Crippen molar-refractivity contribution in [2.24, 2.45) is 0 Å². The molecule has 0 unspecified atom stereocenters. The van der Waals surface area contributed by atoms with Crippen molar-refractivity contribution in [3.63, 3.8) is 0 Å². The van der Waals surface area contributed by atoms with Crippen LogP contribution in [0.5, 0.6) is 0 Å². The van der Waals surface area contributed by atoms with Crippen molar-refractivity contribution < 1.29 is 18.0 Å². The van der Waals surface area contributed by atoms with E-state index in [9.17, 15) is 18.0 Å². The molecule has 74 valence electrons. The minimum absolute atomic E-state index is 0.136. The fraction of sp³-hybridized carbons (Fsp3) is 0.625. The Hall–Kier alpha value is -1.00. The number of allylic oxidation sites excluding steroid dienone is 1. The molecule has 0 aliphatic carbocycles. The van der Waals surface area contributed by atoms with Crippen molar-refractivity contribution in [2.45, 2.75) is 25.4 Å². The first-order chi connectivity index (χ1) is 5.93. The Morgan fingerprint density at radius 1 is 1.38 bits per heavy atom. The highest BCUT2D eigenvalue weighted by atomic mass is 19.4. The zero-order chi connectivity index (χ0) is 10.1. The van der Waals surface area contributed by atoms with Gasteiger partial charge in [-0.1, -0.05) is 6.58 Å². The number of hydrogen-bond donors (Lipinski definition) is 0. The molecule has 0 bridgehead atoms. The van der Waals surface area contributed by atoms with Crippen LogP contribution in [0.2, 0.25) is 0 Å². The minimum atomic E-state index is -4.78. The number of rotatable bonds is 0. The largest absolute Gasteiger partial charge is 0.471 e. The molecule has 0 N–H and O–H groups in total. The predicted octanol–water partition coefficient (Wildman–Crippen LogP) is 2.07. The molecular weight excluding hydrogens is 183 g/mol. The lowest BCUT2D eigenvalue weighted by Gasteiger charge is -2.29. The monoisotopic (exact) mass is 193 g/mol. The van der Waals surface area contributed by atoms with Crippen LogP contribution >= 0.6 is 0 Å². The van der Waals surface area contributed by atoms with Gasteiger partial charge in [-0.25, -0.2) is 0 Å². The van der Waals surface area contributed by atoms with Gasteiger partial charge in [-0.2, -0.15) is 13.2 Å². The summed E-state index contributed by atoms with van der Waals surface area (Å²) in [6.07, 6.45) is -2.89. The summed E-state index contributed by atoms with van der Waals surface area (Å²) in [4.78, 5) is 11.5. The second-order valence-electron chi connectivity index (χ2n) is 2.98. The average molecular weight is 193 g/mol. The molecule has 0 aromatic carbocycles. The van der Waals surface area contributed by atoms with Gasteiger partial charge in [-0.3, -0.25) is 4.79 Å². The van der Waals surface area contributed by atoms with Crippen LogP contribution in [-0.4, -0.2) is 23.5 Å². The van der Waals surface area contributed by atoms with E-state index in [4.69, 9.17) is 0 Å². The van der Waals surface area contributed by atoms with Gasteiger partial charge >= 0.3 is 12.1 Å². The zero-order valence-corrected chi connectivity index (χ0v) is 7.02. The molecule has 1 aliphatic rings. The van der Waals surface area contributed by atoms with E-state index in [-0.39, 0.29) is 12.2 Å². The van der Waals surface area contributed by atoms with Gasteiger partial charge in [-0.05, 0) is 19.3 Å². The third-order valence-electron chi connectivity index (χ3n) is 1.97. The number of carbonyl (C=O) groups excluding carboxylic acids is 1. The van der Waals surface area contributed by atoms with Gasteiger partial charge in [0, 0.05) is 12.2 Å².